The van der Waals surface area contributed by atoms with Gasteiger partial charge in [0.15, 0.2) is 0 Å². The van der Waals surface area contributed by atoms with E-state index in [2.05, 4.69) is 31.0 Å². The van der Waals surface area contributed by atoms with Crippen LogP contribution in [0.25, 0.3) is 22.2 Å². The molecule has 2 aliphatic heterocycles. The van der Waals surface area contributed by atoms with Crippen LogP contribution < -0.4 is 10.9 Å². The lowest BCUT2D eigenvalue weighted by Gasteiger charge is -2.42. The van der Waals surface area contributed by atoms with Crippen molar-refractivity contribution in [2.24, 2.45) is 4.99 Å². The molecular formula is C25H29F4N7O. The van der Waals surface area contributed by atoms with Gasteiger partial charge in [-0.05, 0) is 24.1 Å². The molecule has 0 saturated carbocycles. The number of pyridine rings is 1. The molecule has 12 heteroatoms. The Morgan fingerprint density at radius 3 is 2.73 bits per heavy atom. The molecule has 5 rings (SSSR count). The summed E-state index contributed by atoms with van der Waals surface area (Å²) < 4.78 is 60.7. The topological polar surface area (TPSA) is 90.5 Å². The zero-order valence-corrected chi connectivity index (χ0v) is 20.6. The summed E-state index contributed by atoms with van der Waals surface area (Å²) in [7, 11) is 3.47. The van der Waals surface area contributed by atoms with Gasteiger partial charge in [0, 0.05) is 56.5 Å². The Morgan fingerprint density at radius 2 is 2.11 bits per heavy atom. The first kappa shape index (κ1) is 25.6. The molecule has 2 aliphatic rings. The van der Waals surface area contributed by atoms with Gasteiger partial charge in [0.2, 0.25) is 0 Å². The van der Waals surface area contributed by atoms with Gasteiger partial charge < -0.3 is 10.2 Å². The number of hydrogen-bond donors (Lipinski definition) is 3. The van der Waals surface area contributed by atoms with Gasteiger partial charge in [-0.1, -0.05) is 18.2 Å². The number of benzene rings is 1. The van der Waals surface area contributed by atoms with Crippen LogP contribution in [0, 0.1) is 0 Å². The van der Waals surface area contributed by atoms with Crippen molar-refractivity contribution in [3.63, 3.8) is 0 Å². The molecule has 2 saturated heterocycles. The summed E-state index contributed by atoms with van der Waals surface area (Å²) in [5, 5.41) is 7.64. The number of likely N-dealkylation sites (tertiary alicyclic amines) is 1. The van der Waals surface area contributed by atoms with Crippen molar-refractivity contribution in [3.05, 3.63) is 47.3 Å². The van der Waals surface area contributed by atoms with Crippen LogP contribution in [0.5, 0.6) is 0 Å². The van der Waals surface area contributed by atoms with Crippen LogP contribution in [0.4, 0.5) is 17.6 Å². The second-order valence-corrected chi connectivity index (χ2v) is 9.64. The normalized spacial score (nSPS) is 20.4. The van der Waals surface area contributed by atoms with Crippen molar-refractivity contribution >= 4 is 16.7 Å². The summed E-state index contributed by atoms with van der Waals surface area (Å²) >= 11 is 0. The maximum absolute atomic E-state index is 13.8. The van der Waals surface area contributed by atoms with Crippen LogP contribution in [0.3, 0.4) is 0 Å². The zero-order chi connectivity index (χ0) is 26.2. The number of aromatic amines is 1. The van der Waals surface area contributed by atoms with E-state index in [1.807, 2.05) is 24.3 Å². The molecule has 1 aromatic carbocycles. The summed E-state index contributed by atoms with van der Waals surface area (Å²) in [5.74, 6) is 0.768. The average molecular weight is 520 g/mol. The maximum atomic E-state index is 13.8. The van der Waals surface area contributed by atoms with E-state index < -0.39 is 18.0 Å². The largest absolute Gasteiger partial charge is 0.433 e. The molecule has 0 amide bonds. The van der Waals surface area contributed by atoms with E-state index in [0.29, 0.717) is 54.8 Å². The van der Waals surface area contributed by atoms with E-state index in [1.165, 1.54) is 0 Å². The Kier molecular flexibility index (Phi) is 6.90. The molecule has 2 fully saturated rings. The number of nitrogens with zero attached hydrogens (tertiary/aromatic N) is 4. The van der Waals surface area contributed by atoms with Crippen molar-refractivity contribution < 1.29 is 22.3 Å². The lowest BCUT2D eigenvalue weighted by atomic mass is 9.75. The first-order valence-corrected chi connectivity index (χ1v) is 12.1. The summed E-state index contributed by atoms with van der Waals surface area (Å²) in [4.78, 5) is 9.98. The number of rotatable bonds is 7. The molecule has 0 radical (unpaired) electrons. The third-order valence-corrected chi connectivity index (χ3v) is 7.06. The summed E-state index contributed by atoms with van der Waals surface area (Å²) in [6, 6.07) is 8.67. The van der Waals surface area contributed by atoms with Gasteiger partial charge in [0.1, 0.15) is 23.4 Å². The number of hydrazine groups is 1. The van der Waals surface area contributed by atoms with Gasteiger partial charge in [-0.15, -0.1) is 0 Å². The molecule has 3 N–H and O–H groups in total. The molecule has 0 unspecified atom stereocenters. The predicted molar refractivity (Wildman–Crippen MR) is 132 cm³/mol. The van der Waals surface area contributed by atoms with E-state index in [4.69, 9.17) is 4.74 Å². The Hall–Kier alpha value is -3.09. The van der Waals surface area contributed by atoms with Crippen molar-refractivity contribution in [1.82, 2.24) is 30.9 Å². The minimum absolute atomic E-state index is 0.112. The molecule has 1 atom stereocenters. The molecule has 8 nitrogen and oxygen atoms in total. The van der Waals surface area contributed by atoms with E-state index in [0.717, 1.165) is 17.5 Å². The van der Waals surface area contributed by atoms with E-state index in [1.54, 1.807) is 19.0 Å². The molecule has 0 bridgehead atoms. The highest BCUT2D eigenvalue weighted by Gasteiger charge is 2.42. The van der Waals surface area contributed by atoms with Crippen molar-refractivity contribution in [1.29, 1.82) is 0 Å². The fraction of sp³-hybridized carbons (Fsp3) is 0.480. The molecular weight excluding hydrogens is 490 g/mol. The van der Waals surface area contributed by atoms with Crippen LogP contribution in [-0.4, -0.2) is 72.5 Å². The number of amidine groups is 1. The number of fused-ring (bicyclic) bond motifs is 1. The number of aliphatic imine (C=N–C) groups is 1. The summed E-state index contributed by atoms with van der Waals surface area (Å²) in [6.07, 6.45) is -4.64. The second-order valence-electron chi connectivity index (χ2n) is 9.64. The third-order valence-electron chi connectivity index (χ3n) is 7.06. The first-order chi connectivity index (χ1) is 17.7. The number of hydrogen-bond acceptors (Lipinski definition) is 6. The van der Waals surface area contributed by atoms with Gasteiger partial charge in [0.25, 0.3) is 0 Å². The molecule has 37 heavy (non-hydrogen) atoms. The van der Waals surface area contributed by atoms with Gasteiger partial charge >= 0.3 is 6.18 Å². The van der Waals surface area contributed by atoms with E-state index >= 15 is 0 Å². The highest BCUT2D eigenvalue weighted by Crippen LogP contribution is 2.39. The third kappa shape index (κ3) is 5.05. The Labute approximate surface area is 211 Å². The molecule has 4 heterocycles. The fourth-order valence-corrected chi connectivity index (χ4v) is 5.06. The van der Waals surface area contributed by atoms with Crippen molar-refractivity contribution in [2.45, 2.75) is 37.1 Å². The highest BCUT2D eigenvalue weighted by atomic mass is 19.4. The average Bonchev–Trinajstić information content (AvgIpc) is 3.46. The molecule has 0 aliphatic carbocycles. The van der Waals surface area contributed by atoms with E-state index in [9.17, 15) is 17.6 Å². The second kappa shape index (κ2) is 9.99. The number of aromatic nitrogens is 3. The number of alkyl halides is 4. The minimum atomic E-state index is -4.63. The van der Waals surface area contributed by atoms with Crippen LogP contribution in [0.2, 0.25) is 0 Å². The van der Waals surface area contributed by atoms with Crippen LogP contribution in [0.15, 0.2) is 35.3 Å². The van der Waals surface area contributed by atoms with Gasteiger partial charge in [-0.25, -0.2) is 14.8 Å². The van der Waals surface area contributed by atoms with Crippen LogP contribution >= 0.6 is 0 Å². The molecule has 2 aromatic heterocycles. The van der Waals surface area contributed by atoms with E-state index in [-0.39, 0.29) is 24.2 Å². The van der Waals surface area contributed by atoms with Gasteiger partial charge in [-0.2, -0.15) is 18.3 Å². The SMILES string of the molecule is CN=C(CC1(c2cccc(-c3n[nH]c4c(CN5CC[C@@H](F)C5)nc(C(F)(F)F)cc34)c2)COC1)NNC. The number of halogens is 4. The maximum Gasteiger partial charge on any atom is 0.433 e. The van der Waals surface area contributed by atoms with Gasteiger partial charge in [-0.3, -0.25) is 15.0 Å². The van der Waals surface area contributed by atoms with Crippen molar-refractivity contribution in [2.75, 3.05) is 40.4 Å². The van der Waals surface area contributed by atoms with Crippen LogP contribution in [0.1, 0.15) is 29.8 Å². The predicted octanol–water partition coefficient (Wildman–Crippen LogP) is 3.60. The van der Waals surface area contributed by atoms with Gasteiger partial charge in [0.05, 0.1) is 24.4 Å². The Balaban J connectivity index is 1.55. The smallest absolute Gasteiger partial charge is 0.379 e. The quantitative estimate of drug-likeness (QED) is 0.191. The monoisotopic (exact) mass is 519 g/mol. The first-order valence-electron chi connectivity index (χ1n) is 12.1. The number of ether oxygens (including phenoxy) is 1. The molecule has 198 valence electrons. The Morgan fingerprint density at radius 1 is 1.30 bits per heavy atom. The Bertz CT molecular complexity index is 1300. The van der Waals surface area contributed by atoms with Crippen LogP contribution in [-0.2, 0) is 22.9 Å². The number of nitrogens with one attached hydrogen (secondary N) is 3. The standard InChI is InChI=1S/C25H29F4N7O/c1-30-21(33-31-2)10-24(13-37-14-24)16-5-3-4-15(8-16)22-18-9-20(25(27,28)29)32-19(23(18)35-34-22)12-36-7-6-17(26)11-36/h3-5,8-9,17,31H,6-7,10-14H2,1-2H3,(H,30,33)(H,34,35)/t17-/m1/s1. The number of H-pyrrole nitrogens is 1. The van der Waals surface area contributed by atoms with Crippen molar-refractivity contribution in [3.8, 4) is 11.3 Å². The summed E-state index contributed by atoms with van der Waals surface area (Å²) in [5.41, 5.74) is 7.33. The highest BCUT2D eigenvalue weighted by molar-refractivity contribution is 5.94. The fourth-order valence-electron chi connectivity index (χ4n) is 5.06. The zero-order valence-electron chi connectivity index (χ0n) is 20.6. The lowest BCUT2D eigenvalue weighted by molar-refractivity contribution is -0.141. The molecule has 0 spiro atoms. The lowest BCUT2D eigenvalue weighted by Crippen LogP contribution is -2.51. The summed E-state index contributed by atoms with van der Waals surface area (Å²) in [6.45, 7) is 1.76. The minimum Gasteiger partial charge on any atom is -0.379 e. The molecule has 3 aromatic rings.